The molecule has 0 spiro atoms. The van der Waals surface area contributed by atoms with E-state index < -0.39 is 0 Å². The number of hydrogen-bond donors (Lipinski definition) is 0. The Hall–Kier alpha value is -1.50. The Morgan fingerprint density at radius 3 is 2.50 bits per heavy atom. The molecular weight excluding hydrogens is 308 g/mol. The van der Waals surface area contributed by atoms with Gasteiger partial charge in [-0.05, 0) is 47.8 Å². The van der Waals surface area contributed by atoms with Gasteiger partial charge in [-0.15, -0.1) is 23.5 Å². The van der Waals surface area contributed by atoms with Crippen molar-refractivity contribution in [3.63, 3.8) is 0 Å². The van der Waals surface area contributed by atoms with E-state index in [1.165, 1.54) is 12.0 Å². The number of thioether (sulfide) groups is 2. The molecule has 3 rings (SSSR count). The molecule has 1 nitrogen and oxygen atoms in total. The highest BCUT2D eigenvalue weighted by Gasteiger charge is 2.34. The standard InChI is InChI=1S/C19H18OS2/c1-20-18-10-5-9-17(15-18)19(21-13-6-14-22-19)12-11-16-7-3-2-4-8-16/h2-5,7-10,15H,6,13-14H2,1H3. The van der Waals surface area contributed by atoms with Gasteiger partial charge >= 0.3 is 0 Å². The highest BCUT2D eigenvalue weighted by Crippen LogP contribution is 2.50. The highest BCUT2D eigenvalue weighted by molar-refractivity contribution is 8.18. The first-order chi connectivity index (χ1) is 10.8. The Balaban J connectivity index is 1.99. The van der Waals surface area contributed by atoms with Gasteiger partial charge in [-0.1, -0.05) is 42.2 Å². The van der Waals surface area contributed by atoms with Crippen LogP contribution in [0.15, 0.2) is 54.6 Å². The van der Waals surface area contributed by atoms with E-state index in [-0.39, 0.29) is 4.08 Å². The van der Waals surface area contributed by atoms with Gasteiger partial charge in [-0.3, -0.25) is 0 Å². The van der Waals surface area contributed by atoms with Crippen LogP contribution >= 0.6 is 23.5 Å². The Morgan fingerprint density at radius 2 is 1.77 bits per heavy atom. The molecule has 0 bridgehead atoms. The maximum absolute atomic E-state index is 5.39. The molecule has 3 heteroatoms. The van der Waals surface area contributed by atoms with Gasteiger partial charge in [0.15, 0.2) is 0 Å². The molecule has 1 saturated heterocycles. The van der Waals surface area contributed by atoms with Gasteiger partial charge in [0.1, 0.15) is 9.83 Å². The van der Waals surface area contributed by atoms with Crippen molar-refractivity contribution in [3.05, 3.63) is 65.7 Å². The third-order valence-corrected chi connectivity index (χ3v) is 6.68. The van der Waals surface area contributed by atoms with Crippen LogP contribution in [-0.4, -0.2) is 18.6 Å². The quantitative estimate of drug-likeness (QED) is 0.736. The lowest BCUT2D eigenvalue weighted by Gasteiger charge is -2.32. The minimum Gasteiger partial charge on any atom is -0.497 e. The Morgan fingerprint density at radius 1 is 1.00 bits per heavy atom. The third kappa shape index (κ3) is 3.45. The van der Waals surface area contributed by atoms with E-state index in [2.05, 4.69) is 42.2 Å². The van der Waals surface area contributed by atoms with E-state index >= 15 is 0 Å². The molecule has 0 unspecified atom stereocenters. The van der Waals surface area contributed by atoms with Crippen LogP contribution in [0.5, 0.6) is 5.75 Å². The molecular formula is C19H18OS2. The third-order valence-electron chi connectivity index (χ3n) is 3.49. The van der Waals surface area contributed by atoms with Crippen molar-refractivity contribution in [1.29, 1.82) is 0 Å². The van der Waals surface area contributed by atoms with Gasteiger partial charge in [0, 0.05) is 5.56 Å². The van der Waals surface area contributed by atoms with Gasteiger partial charge in [0.2, 0.25) is 0 Å². The summed E-state index contributed by atoms with van der Waals surface area (Å²) in [7, 11) is 1.71. The monoisotopic (exact) mass is 326 g/mol. The number of rotatable bonds is 2. The minimum absolute atomic E-state index is 0.192. The van der Waals surface area contributed by atoms with E-state index in [9.17, 15) is 0 Å². The fourth-order valence-electron chi connectivity index (χ4n) is 2.35. The second-order valence-electron chi connectivity index (χ2n) is 5.02. The van der Waals surface area contributed by atoms with Gasteiger partial charge in [0.25, 0.3) is 0 Å². The second kappa shape index (κ2) is 7.17. The zero-order valence-corrected chi connectivity index (χ0v) is 14.2. The molecule has 22 heavy (non-hydrogen) atoms. The maximum Gasteiger partial charge on any atom is 0.148 e. The van der Waals surface area contributed by atoms with Crippen LogP contribution in [0.4, 0.5) is 0 Å². The van der Waals surface area contributed by atoms with Crippen molar-refractivity contribution in [2.75, 3.05) is 18.6 Å². The number of benzene rings is 2. The summed E-state index contributed by atoms with van der Waals surface area (Å²) < 4.78 is 5.19. The van der Waals surface area contributed by atoms with Gasteiger partial charge < -0.3 is 4.74 Å². The number of methoxy groups -OCH3 is 1. The topological polar surface area (TPSA) is 9.23 Å². The summed E-state index contributed by atoms with van der Waals surface area (Å²) in [5, 5.41) is 0. The van der Waals surface area contributed by atoms with Crippen molar-refractivity contribution >= 4 is 23.5 Å². The molecule has 1 fully saturated rings. The van der Waals surface area contributed by atoms with Crippen molar-refractivity contribution in [2.45, 2.75) is 10.5 Å². The van der Waals surface area contributed by atoms with Gasteiger partial charge in [-0.2, -0.15) is 0 Å². The van der Waals surface area contributed by atoms with Crippen LogP contribution in [0.2, 0.25) is 0 Å². The first-order valence-corrected chi connectivity index (χ1v) is 9.30. The van der Waals surface area contributed by atoms with Crippen LogP contribution in [-0.2, 0) is 4.08 Å². The molecule has 112 valence electrons. The van der Waals surface area contributed by atoms with Crippen LogP contribution in [0.25, 0.3) is 0 Å². The zero-order chi connectivity index (χ0) is 15.3. The van der Waals surface area contributed by atoms with Crippen LogP contribution in [0, 0.1) is 11.8 Å². The minimum atomic E-state index is -0.192. The smallest absolute Gasteiger partial charge is 0.148 e. The first kappa shape index (κ1) is 15.4. The lowest BCUT2D eigenvalue weighted by atomic mass is 10.1. The summed E-state index contributed by atoms with van der Waals surface area (Å²) in [6.07, 6.45) is 1.24. The molecule has 0 atom stereocenters. The molecule has 2 aromatic rings. The lowest BCUT2D eigenvalue weighted by molar-refractivity contribution is 0.414. The van der Waals surface area contributed by atoms with Crippen molar-refractivity contribution in [2.24, 2.45) is 0 Å². The maximum atomic E-state index is 5.39. The normalized spacial score (nSPS) is 16.4. The fraction of sp³-hybridized carbons (Fsp3) is 0.263. The van der Waals surface area contributed by atoms with Crippen molar-refractivity contribution in [3.8, 4) is 17.6 Å². The molecule has 0 amide bonds. The van der Waals surface area contributed by atoms with Crippen molar-refractivity contribution < 1.29 is 4.74 Å². The molecule has 0 saturated carbocycles. The highest BCUT2D eigenvalue weighted by atomic mass is 32.2. The van der Waals surface area contributed by atoms with E-state index in [4.69, 9.17) is 4.74 Å². The Labute approximate surface area is 140 Å². The Kier molecular flexibility index (Phi) is 5.02. The molecule has 2 aromatic carbocycles. The summed E-state index contributed by atoms with van der Waals surface area (Å²) in [6.45, 7) is 0. The summed E-state index contributed by atoms with van der Waals surface area (Å²) in [5.74, 6) is 10.1. The average Bonchev–Trinajstić information content (AvgIpc) is 2.62. The molecule has 1 heterocycles. The van der Waals surface area contributed by atoms with E-state index in [1.54, 1.807) is 7.11 Å². The van der Waals surface area contributed by atoms with Gasteiger partial charge in [0.05, 0.1) is 7.11 Å². The van der Waals surface area contributed by atoms with E-state index in [1.807, 2.05) is 47.8 Å². The summed E-state index contributed by atoms with van der Waals surface area (Å²) >= 11 is 3.87. The van der Waals surface area contributed by atoms with Crippen LogP contribution < -0.4 is 4.74 Å². The van der Waals surface area contributed by atoms with E-state index in [0.29, 0.717) is 0 Å². The van der Waals surface area contributed by atoms with Crippen LogP contribution in [0.3, 0.4) is 0 Å². The van der Waals surface area contributed by atoms with Gasteiger partial charge in [-0.25, -0.2) is 0 Å². The lowest BCUT2D eigenvalue weighted by Crippen LogP contribution is -2.21. The molecule has 0 N–H and O–H groups in total. The zero-order valence-electron chi connectivity index (χ0n) is 12.5. The molecule has 1 aliphatic rings. The molecule has 1 aliphatic heterocycles. The van der Waals surface area contributed by atoms with E-state index in [0.717, 1.165) is 22.8 Å². The first-order valence-electron chi connectivity index (χ1n) is 7.33. The number of ether oxygens (including phenoxy) is 1. The SMILES string of the molecule is COc1cccc(C2(C#Cc3ccccc3)SCCCS2)c1. The summed E-state index contributed by atoms with van der Waals surface area (Å²) in [5.41, 5.74) is 2.29. The molecule has 0 radical (unpaired) electrons. The fourth-order valence-corrected chi connectivity index (χ4v) is 5.35. The largest absolute Gasteiger partial charge is 0.497 e. The van der Waals surface area contributed by atoms with Crippen LogP contribution in [0.1, 0.15) is 17.5 Å². The summed E-state index contributed by atoms with van der Waals surface area (Å²) in [6, 6.07) is 18.5. The predicted molar refractivity (Wildman–Crippen MR) is 97.5 cm³/mol. The molecule has 0 aliphatic carbocycles. The Bertz CT molecular complexity index is 679. The second-order valence-corrected chi connectivity index (χ2v) is 7.89. The van der Waals surface area contributed by atoms with Crippen molar-refractivity contribution in [1.82, 2.24) is 0 Å². The molecule has 0 aromatic heterocycles. The number of hydrogen-bond acceptors (Lipinski definition) is 3. The summed E-state index contributed by atoms with van der Waals surface area (Å²) in [4.78, 5) is 0. The average molecular weight is 326 g/mol. The predicted octanol–water partition coefficient (Wildman–Crippen LogP) is 4.77.